The number of carbonyl (C=O) groups is 4. The normalized spacial score (nSPS) is 18.0. The molecular weight excluding hydrogens is 304 g/mol. The summed E-state index contributed by atoms with van der Waals surface area (Å²) >= 11 is 0. The van der Waals surface area contributed by atoms with E-state index in [1.165, 1.54) is 18.0 Å². The first kappa shape index (κ1) is 18.5. The number of carboxylic acid groups (broad SMARTS) is 1. The van der Waals surface area contributed by atoms with Crippen LogP contribution in [0.1, 0.15) is 19.3 Å². The van der Waals surface area contributed by atoms with Crippen molar-refractivity contribution in [2.75, 3.05) is 20.1 Å². The molecule has 1 fully saturated rings. The lowest BCUT2D eigenvalue weighted by atomic mass is 10.1. The quantitative estimate of drug-likeness (QED) is 0.449. The fraction of sp³-hybridized carbons (Fsp3) is 0.571. The third kappa shape index (κ3) is 5.28. The van der Waals surface area contributed by atoms with Crippen LogP contribution in [0.2, 0.25) is 0 Å². The van der Waals surface area contributed by atoms with Gasteiger partial charge in [-0.1, -0.05) is 6.08 Å². The molecule has 0 aromatic carbocycles. The summed E-state index contributed by atoms with van der Waals surface area (Å²) in [5.74, 6) is -1.24. The van der Waals surface area contributed by atoms with Gasteiger partial charge in [0.05, 0.1) is 0 Å². The van der Waals surface area contributed by atoms with E-state index in [4.69, 9.17) is 5.11 Å². The Morgan fingerprint density at radius 1 is 1.39 bits per heavy atom. The van der Waals surface area contributed by atoms with E-state index in [0.717, 1.165) is 0 Å². The van der Waals surface area contributed by atoms with Crippen molar-refractivity contribution in [3.63, 3.8) is 0 Å². The highest BCUT2D eigenvalue weighted by Gasteiger charge is 2.35. The van der Waals surface area contributed by atoms with Gasteiger partial charge in [0.15, 0.2) is 0 Å². The van der Waals surface area contributed by atoms with E-state index in [1.54, 1.807) is 0 Å². The van der Waals surface area contributed by atoms with Crippen molar-refractivity contribution in [3.8, 4) is 0 Å². The summed E-state index contributed by atoms with van der Waals surface area (Å²) in [7, 11) is 1.47. The SMILES string of the molecule is C=CCC(NC(=O)[C@@H]1CCCN1C(=O)CNC(=O)O)C(=O)NC. The minimum absolute atomic E-state index is 0.270. The highest BCUT2D eigenvalue weighted by atomic mass is 16.4. The molecular formula is C14H22N4O5. The highest BCUT2D eigenvalue weighted by Crippen LogP contribution is 2.17. The first-order valence-electron chi connectivity index (χ1n) is 7.29. The second-order valence-corrected chi connectivity index (χ2v) is 5.10. The number of amides is 4. The Balaban J connectivity index is 2.68. The largest absolute Gasteiger partial charge is 0.465 e. The van der Waals surface area contributed by atoms with Gasteiger partial charge >= 0.3 is 6.09 Å². The molecule has 0 aliphatic carbocycles. The van der Waals surface area contributed by atoms with Crippen molar-refractivity contribution in [1.29, 1.82) is 0 Å². The molecule has 1 saturated heterocycles. The summed E-state index contributed by atoms with van der Waals surface area (Å²) < 4.78 is 0. The standard InChI is InChI=1S/C14H22N4O5/c1-3-5-9(12(20)15-2)17-13(21)10-6-4-7-18(10)11(19)8-16-14(22)23/h3,9-10,16H,1,4-8H2,2H3,(H,15,20)(H,17,21)(H,22,23)/t9?,10-/m0/s1. The average molecular weight is 326 g/mol. The van der Waals surface area contributed by atoms with Crippen molar-refractivity contribution < 1.29 is 24.3 Å². The Morgan fingerprint density at radius 2 is 2.09 bits per heavy atom. The van der Waals surface area contributed by atoms with Gasteiger partial charge in [-0.25, -0.2) is 4.79 Å². The second kappa shape index (κ2) is 8.76. The third-order valence-electron chi connectivity index (χ3n) is 3.55. The number of carbonyl (C=O) groups excluding carboxylic acids is 3. The van der Waals surface area contributed by atoms with Crippen LogP contribution in [0.5, 0.6) is 0 Å². The van der Waals surface area contributed by atoms with E-state index in [0.29, 0.717) is 19.4 Å². The number of likely N-dealkylation sites (tertiary alicyclic amines) is 1. The first-order chi connectivity index (χ1) is 10.9. The van der Waals surface area contributed by atoms with Crippen molar-refractivity contribution in [3.05, 3.63) is 12.7 Å². The van der Waals surface area contributed by atoms with Crippen LogP contribution in [0, 0.1) is 0 Å². The van der Waals surface area contributed by atoms with Crippen molar-refractivity contribution in [1.82, 2.24) is 20.9 Å². The van der Waals surface area contributed by atoms with Crippen LogP contribution in [0.15, 0.2) is 12.7 Å². The van der Waals surface area contributed by atoms with E-state index in [-0.39, 0.29) is 18.9 Å². The highest BCUT2D eigenvalue weighted by molar-refractivity contribution is 5.93. The molecule has 2 atom stereocenters. The Kier molecular flexibility index (Phi) is 7.04. The maximum atomic E-state index is 12.3. The molecule has 0 radical (unpaired) electrons. The summed E-state index contributed by atoms with van der Waals surface area (Å²) in [4.78, 5) is 47.8. The van der Waals surface area contributed by atoms with Gasteiger partial charge in [0.1, 0.15) is 18.6 Å². The molecule has 1 unspecified atom stereocenters. The Labute approximate surface area is 134 Å². The average Bonchev–Trinajstić information content (AvgIpc) is 3.01. The number of likely N-dealkylation sites (N-methyl/N-ethyl adjacent to an activating group) is 1. The number of hydrogen-bond donors (Lipinski definition) is 4. The molecule has 0 aromatic rings. The molecule has 1 heterocycles. The van der Waals surface area contributed by atoms with E-state index in [2.05, 4.69) is 17.2 Å². The Bertz CT molecular complexity index is 494. The lowest BCUT2D eigenvalue weighted by Crippen LogP contribution is -2.53. The summed E-state index contributed by atoms with van der Waals surface area (Å²) in [6.07, 6.45) is 1.60. The molecule has 0 aromatic heterocycles. The zero-order chi connectivity index (χ0) is 17.4. The lowest BCUT2D eigenvalue weighted by Gasteiger charge is -2.25. The topological polar surface area (TPSA) is 128 Å². The van der Waals surface area contributed by atoms with Gasteiger partial charge < -0.3 is 26.0 Å². The van der Waals surface area contributed by atoms with E-state index >= 15 is 0 Å². The second-order valence-electron chi connectivity index (χ2n) is 5.10. The summed E-state index contributed by atoms with van der Waals surface area (Å²) in [6, 6.07) is -1.45. The van der Waals surface area contributed by atoms with Gasteiger partial charge in [-0.2, -0.15) is 0 Å². The van der Waals surface area contributed by atoms with Crippen molar-refractivity contribution in [2.45, 2.75) is 31.3 Å². The van der Waals surface area contributed by atoms with Crippen LogP contribution < -0.4 is 16.0 Å². The number of hydrogen-bond acceptors (Lipinski definition) is 4. The van der Waals surface area contributed by atoms with Gasteiger partial charge in [0.25, 0.3) is 0 Å². The first-order valence-corrected chi connectivity index (χ1v) is 7.29. The number of rotatable bonds is 7. The summed E-state index contributed by atoms with van der Waals surface area (Å²) in [5.41, 5.74) is 0. The van der Waals surface area contributed by atoms with Crippen LogP contribution in [-0.4, -0.2) is 66.0 Å². The van der Waals surface area contributed by atoms with Crippen molar-refractivity contribution >= 4 is 23.8 Å². The summed E-state index contributed by atoms with van der Waals surface area (Å²) in [6.45, 7) is 3.54. The molecule has 1 rings (SSSR count). The number of nitrogens with zero attached hydrogens (tertiary/aromatic N) is 1. The molecule has 9 nitrogen and oxygen atoms in total. The van der Waals surface area contributed by atoms with Gasteiger partial charge in [-0.15, -0.1) is 6.58 Å². The minimum atomic E-state index is -1.30. The fourth-order valence-electron chi connectivity index (χ4n) is 2.43. The van der Waals surface area contributed by atoms with Crippen LogP contribution >= 0.6 is 0 Å². The zero-order valence-corrected chi connectivity index (χ0v) is 13.0. The van der Waals surface area contributed by atoms with Crippen molar-refractivity contribution in [2.24, 2.45) is 0 Å². The maximum absolute atomic E-state index is 12.3. The molecule has 4 amide bonds. The lowest BCUT2D eigenvalue weighted by molar-refractivity contribution is -0.138. The molecule has 0 bridgehead atoms. The predicted octanol–water partition coefficient (Wildman–Crippen LogP) is -0.948. The van der Waals surface area contributed by atoms with Crippen LogP contribution in [0.3, 0.4) is 0 Å². The summed E-state index contributed by atoms with van der Waals surface area (Å²) in [5, 5.41) is 15.6. The van der Waals surface area contributed by atoms with E-state index in [9.17, 15) is 19.2 Å². The Morgan fingerprint density at radius 3 is 2.65 bits per heavy atom. The molecule has 1 aliphatic rings. The smallest absolute Gasteiger partial charge is 0.405 e. The van der Waals surface area contributed by atoms with Gasteiger partial charge in [0, 0.05) is 13.6 Å². The van der Waals surface area contributed by atoms with Gasteiger partial charge in [-0.3, -0.25) is 14.4 Å². The molecule has 4 N–H and O–H groups in total. The van der Waals surface area contributed by atoms with Crippen LogP contribution in [-0.2, 0) is 14.4 Å². The van der Waals surface area contributed by atoms with Crippen LogP contribution in [0.25, 0.3) is 0 Å². The monoisotopic (exact) mass is 326 g/mol. The molecule has 23 heavy (non-hydrogen) atoms. The predicted molar refractivity (Wildman–Crippen MR) is 81.6 cm³/mol. The zero-order valence-electron chi connectivity index (χ0n) is 13.0. The molecule has 0 spiro atoms. The van der Waals surface area contributed by atoms with E-state index in [1.807, 2.05) is 5.32 Å². The Hall–Kier alpha value is -2.58. The maximum Gasteiger partial charge on any atom is 0.405 e. The molecule has 0 saturated carbocycles. The minimum Gasteiger partial charge on any atom is -0.465 e. The molecule has 128 valence electrons. The van der Waals surface area contributed by atoms with E-state index < -0.39 is 30.0 Å². The fourth-order valence-corrected chi connectivity index (χ4v) is 2.43. The molecule has 1 aliphatic heterocycles. The van der Waals surface area contributed by atoms with Gasteiger partial charge in [0.2, 0.25) is 17.7 Å². The van der Waals surface area contributed by atoms with Crippen LogP contribution in [0.4, 0.5) is 4.79 Å². The van der Waals surface area contributed by atoms with Gasteiger partial charge in [-0.05, 0) is 19.3 Å². The molecule has 9 heteroatoms. The number of nitrogens with one attached hydrogen (secondary N) is 3. The third-order valence-corrected chi connectivity index (χ3v) is 3.55.